The first-order chi connectivity index (χ1) is 18.0. The fraction of sp³-hybridized carbons (Fsp3) is 0.576. The van der Waals surface area contributed by atoms with Gasteiger partial charge in [-0.25, -0.2) is 4.99 Å². The molecule has 0 amide bonds. The Labute approximate surface area is 230 Å². The number of likely N-dealkylation sites (tertiary alicyclic amines) is 1. The summed E-state index contributed by atoms with van der Waals surface area (Å²) in [6.45, 7) is 19.7. The van der Waals surface area contributed by atoms with E-state index in [1.165, 1.54) is 38.9 Å². The third kappa shape index (κ3) is 7.33. The zero-order chi connectivity index (χ0) is 28.0. The number of aliphatic imine (C=N–C) groups is 2. The molecule has 0 unspecified atom stereocenters. The van der Waals surface area contributed by atoms with E-state index in [-0.39, 0.29) is 0 Å². The Balaban J connectivity index is 1.98. The molecule has 1 saturated heterocycles. The first kappa shape index (κ1) is 30.0. The van der Waals surface area contributed by atoms with E-state index in [0.717, 1.165) is 56.9 Å². The first-order valence-electron chi connectivity index (χ1n) is 14.5. The standard InChI is InChI=1S/C33H50N4O/c1-10-24(29(12-3)35-23(6)34-9)19-25(11-2)32-31(22(4)5)28-20-27(13-14-30(28)36-32)26-15-17-37(18-16-26)21-33(7,8)38/h11,13-14,19-20,22,26,36,38H,10,12,15-18,21H2,1-9H3/b24-19-,25-11+,34-23?,35-29?. The number of β-amino-alcohol motifs (C(OH)–C–C–N with tert-alkyl or cyclic N) is 1. The highest BCUT2D eigenvalue weighted by atomic mass is 16.3. The average Bonchev–Trinajstić information content (AvgIpc) is 3.26. The van der Waals surface area contributed by atoms with Gasteiger partial charge in [-0.3, -0.25) is 4.99 Å². The van der Waals surface area contributed by atoms with Crippen LogP contribution >= 0.6 is 0 Å². The Morgan fingerprint density at radius 1 is 1.18 bits per heavy atom. The van der Waals surface area contributed by atoms with Gasteiger partial charge in [-0.05, 0) is 119 Å². The lowest BCUT2D eigenvalue weighted by Gasteiger charge is -2.35. The molecule has 1 fully saturated rings. The molecular formula is C33H50N4O. The zero-order valence-electron chi connectivity index (χ0n) is 25.3. The lowest BCUT2D eigenvalue weighted by Crippen LogP contribution is -2.42. The molecule has 38 heavy (non-hydrogen) atoms. The maximum atomic E-state index is 10.2. The summed E-state index contributed by atoms with van der Waals surface area (Å²) in [5.74, 6) is 1.77. The summed E-state index contributed by atoms with van der Waals surface area (Å²) in [5.41, 5.74) is 8.20. The maximum absolute atomic E-state index is 10.2. The Bertz CT molecular complexity index is 1210. The smallest absolute Gasteiger partial charge is 0.120 e. The molecule has 0 aliphatic carbocycles. The van der Waals surface area contributed by atoms with Crippen LogP contribution in [0.25, 0.3) is 16.5 Å². The summed E-state index contributed by atoms with van der Waals surface area (Å²) >= 11 is 0. The summed E-state index contributed by atoms with van der Waals surface area (Å²) in [4.78, 5) is 15.2. The number of hydrogen-bond acceptors (Lipinski definition) is 3. The van der Waals surface area contributed by atoms with Crippen LogP contribution in [0.4, 0.5) is 0 Å². The largest absolute Gasteiger partial charge is 0.389 e. The number of allylic oxidation sites excluding steroid dienone is 4. The quantitative estimate of drug-likeness (QED) is 0.201. The fourth-order valence-electron chi connectivity index (χ4n) is 5.78. The van der Waals surface area contributed by atoms with Gasteiger partial charge in [-0.15, -0.1) is 0 Å². The van der Waals surface area contributed by atoms with Crippen molar-refractivity contribution in [1.29, 1.82) is 0 Å². The molecule has 0 saturated carbocycles. The second-order valence-corrected chi connectivity index (χ2v) is 11.7. The van der Waals surface area contributed by atoms with Crippen molar-refractivity contribution >= 4 is 28.0 Å². The van der Waals surface area contributed by atoms with Crippen LogP contribution in [0, 0.1) is 0 Å². The number of hydrogen-bond donors (Lipinski definition) is 2. The number of nitrogens with one attached hydrogen (secondary N) is 1. The maximum Gasteiger partial charge on any atom is 0.120 e. The van der Waals surface area contributed by atoms with Crippen LogP contribution in [-0.4, -0.2) is 58.8 Å². The van der Waals surface area contributed by atoms with Gasteiger partial charge < -0.3 is 15.0 Å². The molecule has 0 radical (unpaired) electrons. The number of aromatic nitrogens is 1. The molecule has 2 heterocycles. The third-order valence-corrected chi connectivity index (χ3v) is 7.75. The van der Waals surface area contributed by atoms with Crippen molar-refractivity contribution in [1.82, 2.24) is 9.88 Å². The Morgan fingerprint density at radius 3 is 2.39 bits per heavy atom. The van der Waals surface area contributed by atoms with Crippen molar-refractivity contribution in [3.8, 4) is 0 Å². The van der Waals surface area contributed by atoms with E-state index in [2.05, 4.69) is 79.8 Å². The van der Waals surface area contributed by atoms with E-state index in [0.29, 0.717) is 11.8 Å². The van der Waals surface area contributed by atoms with Crippen molar-refractivity contribution in [2.75, 3.05) is 26.7 Å². The molecule has 0 spiro atoms. The van der Waals surface area contributed by atoms with Crippen molar-refractivity contribution < 1.29 is 5.11 Å². The highest BCUT2D eigenvalue weighted by Gasteiger charge is 2.26. The predicted molar refractivity (Wildman–Crippen MR) is 166 cm³/mol. The van der Waals surface area contributed by atoms with Crippen LogP contribution in [0.1, 0.15) is 110 Å². The van der Waals surface area contributed by atoms with Gasteiger partial charge in [0.2, 0.25) is 0 Å². The molecule has 5 heteroatoms. The van der Waals surface area contributed by atoms with E-state index in [1.54, 1.807) is 7.05 Å². The van der Waals surface area contributed by atoms with Gasteiger partial charge >= 0.3 is 0 Å². The van der Waals surface area contributed by atoms with Crippen LogP contribution in [0.3, 0.4) is 0 Å². The molecule has 0 bridgehead atoms. The number of amidine groups is 1. The van der Waals surface area contributed by atoms with Gasteiger partial charge in [-0.1, -0.05) is 39.8 Å². The minimum Gasteiger partial charge on any atom is -0.389 e. The SMILES string of the molecule is C/C=C(\C=C(\CC)C(CC)=NC(C)=NC)c1[nH]c2ccc(C3CCN(CC(C)(C)O)CC3)cc2c1C(C)C. The van der Waals surface area contributed by atoms with Gasteiger partial charge in [0.1, 0.15) is 5.84 Å². The van der Waals surface area contributed by atoms with Crippen LogP contribution in [0.2, 0.25) is 0 Å². The predicted octanol–water partition coefficient (Wildman–Crippen LogP) is 7.88. The molecule has 1 aliphatic heterocycles. The molecule has 1 aliphatic rings. The number of aliphatic hydroxyl groups is 1. The van der Waals surface area contributed by atoms with Gasteiger partial charge in [-0.2, -0.15) is 0 Å². The van der Waals surface area contributed by atoms with Gasteiger partial charge in [0.25, 0.3) is 0 Å². The van der Waals surface area contributed by atoms with Gasteiger partial charge in [0.15, 0.2) is 0 Å². The van der Waals surface area contributed by atoms with Crippen LogP contribution in [0.5, 0.6) is 0 Å². The van der Waals surface area contributed by atoms with E-state index in [1.807, 2.05) is 20.8 Å². The Hall–Kier alpha value is -2.50. The normalized spacial score (nSPS) is 17.8. The number of fused-ring (bicyclic) bond motifs is 1. The molecular weight excluding hydrogens is 468 g/mol. The third-order valence-electron chi connectivity index (χ3n) is 7.75. The lowest BCUT2D eigenvalue weighted by atomic mass is 9.87. The minimum atomic E-state index is -0.637. The summed E-state index contributed by atoms with van der Waals surface area (Å²) in [5, 5.41) is 11.6. The van der Waals surface area contributed by atoms with Crippen LogP contribution in [-0.2, 0) is 0 Å². The van der Waals surface area contributed by atoms with Crippen LogP contribution in [0.15, 0.2) is 45.9 Å². The zero-order valence-corrected chi connectivity index (χ0v) is 25.3. The van der Waals surface area contributed by atoms with Crippen LogP contribution < -0.4 is 0 Å². The van der Waals surface area contributed by atoms with E-state index >= 15 is 0 Å². The van der Waals surface area contributed by atoms with Crippen molar-refractivity contribution in [3.63, 3.8) is 0 Å². The molecule has 2 aromatic rings. The molecule has 1 aromatic carbocycles. The Kier molecular flexibility index (Phi) is 10.3. The number of rotatable bonds is 9. The number of piperidine rings is 1. The van der Waals surface area contributed by atoms with E-state index < -0.39 is 5.60 Å². The second-order valence-electron chi connectivity index (χ2n) is 11.7. The number of nitrogens with zero attached hydrogens (tertiary/aromatic N) is 3. The highest BCUT2D eigenvalue weighted by molar-refractivity contribution is 6.08. The number of benzene rings is 1. The topological polar surface area (TPSA) is 64.0 Å². The summed E-state index contributed by atoms with van der Waals surface area (Å²) in [7, 11) is 1.80. The Morgan fingerprint density at radius 2 is 1.87 bits per heavy atom. The molecule has 208 valence electrons. The average molecular weight is 519 g/mol. The van der Waals surface area contributed by atoms with Gasteiger partial charge in [0.05, 0.1) is 5.60 Å². The van der Waals surface area contributed by atoms with Crippen molar-refractivity contribution in [3.05, 3.63) is 52.7 Å². The fourth-order valence-corrected chi connectivity index (χ4v) is 5.78. The van der Waals surface area contributed by atoms with Crippen molar-refractivity contribution in [2.45, 2.75) is 98.5 Å². The first-order valence-corrected chi connectivity index (χ1v) is 14.5. The number of aromatic amines is 1. The summed E-state index contributed by atoms with van der Waals surface area (Å²) < 4.78 is 0. The second kappa shape index (κ2) is 13.0. The van der Waals surface area contributed by atoms with Crippen molar-refractivity contribution in [2.24, 2.45) is 9.98 Å². The molecule has 1 aromatic heterocycles. The summed E-state index contributed by atoms with van der Waals surface area (Å²) in [6, 6.07) is 7.04. The van der Waals surface area contributed by atoms with E-state index in [9.17, 15) is 5.11 Å². The monoisotopic (exact) mass is 518 g/mol. The molecule has 0 atom stereocenters. The molecule has 5 nitrogen and oxygen atoms in total. The minimum absolute atomic E-state index is 0.393. The molecule has 2 N–H and O–H groups in total. The lowest BCUT2D eigenvalue weighted by molar-refractivity contribution is 0.0282. The summed E-state index contributed by atoms with van der Waals surface area (Å²) in [6.07, 6.45) is 8.62. The number of H-pyrrole nitrogens is 1. The molecule has 3 rings (SSSR count). The van der Waals surface area contributed by atoms with E-state index in [4.69, 9.17) is 4.99 Å². The van der Waals surface area contributed by atoms with Gasteiger partial charge in [0, 0.05) is 35.9 Å². The highest BCUT2D eigenvalue weighted by Crippen LogP contribution is 2.37.